The van der Waals surface area contributed by atoms with E-state index < -0.39 is 22.2 Å². The number of carbonyl (C=O) groups excluding carboxylic acids is 1. The smallest absolute Gasteiger partial charge is 0.475 e. The van der Waals surface area contributed by atoms with E-state index in [2.05, 4.69) is 20.0 Å². The molecule has 14 heteroatoms. The normalized spacial score (nSPS) is 13.9. The van der Waals surface area contributed by atoms with E-state index >= 15 is 0 Å². The number of hydrogen-bond donors (Lipinski definition) is 3. The molecular formula is C24H25F3N4O5S2. The molecule has 0 bridgehead atoms. The number of nitrogens with one attached hydrogen (secondary N) is 2. The predicted molar refractivity (Wildman–Crippen MR) is 136 cm³/mol. The van der Waals surface area contributed by atoms with E-state index in [4.69, 9.17) is 9.90 Å². The molecule has 9 nitrogen and oxygen atoms in total. The summed E-state index contributed by atoms with van der Waals surface area (Å²) in [5.41, 5.74) is 2.11. The van der Waals surface area contributed by atoms with Crippen molar-refractivity contribution < 1.29 is 36.3 Å². The summed E-state index contributed by atoms with van der Waals surface area (Å²) >= 11 is 1.36. The molecule has 3 aromatic rings. The minimum Gasteiger partial charge on any atom is -0.475 e. The van der Waals surface area contributed by atoms with Gasteiger partial charge in [0, 0.05) is 12.1 Å². The van der Waals surface area contributed by atoms with Crippen molar-refractivity contribution >= 4 is 44.2 Å². The molecule has 1 amide bonds. The van der Waals surface area contributed by atoms with Crippen molar-refractivity contribution in [3.63, 3.8) is 0 Å². The number of pyridine rings is 1. The number of thiazole rings is 1. The van der Waals surface area contributed by atoms with Gasteiger partial charge in [-0.3, -0.25) is 9.52 Å². The van der Waals surface area contributed by atoms with Crippen LogP contribution in [0.4, 0.5) is 24.1 Å². The molecule has 38 heavy (non-hydrogen) atoms. The highest BCUT2D eigenvalue weighted by Gasteiger charge is 2.38. The number of aryl methyl sites for hydroxylation is 2. The van der Waals surface area contributed by atoms with Crippen LogP contribution in [0.2, 0.25) is 0 Å². The molecule has 1 aromatic carbocycles. The number of aliphatic carboxylic acids is 1. The van der Waals surface area contributed by atoms with Gasteiger partial charge in [0.15, 0.2) is 5.13 Å². The van der Waals surface area contributed by atoms with E-state index in [1.165, 1.54) is 17.5 Å². The van der Waals surface area contributed by atoms with E-state index in [0.29, 0.717) is 10.7 Å². The highest BCUT2D eigenvalue weighted by molar-refractivity contribution is 7.92. The van der Waals surface area contributed by atoms with Crippen molar-refractivity contribution in [3.8, 4) is 10.4 Å². The third-order valence-corrected chi connectivity index (χ3v) is 8.26. The van der Waals surface area contributed by atoms with Gasteiger partial charge in [0.1, 0.15) is 5.82 Å². The molecule has 2 heterocycles. The van der Waals surface area contributed by atoms with Crippen LogP contribution in [0.5, 0.6) is 0 Å². The fourth-order valence-corrected chi connectivity index (χ4v) is 6.01. The highest BCUT2D eigenvalue weighted by Crippen LogP contribution is 2.35. The van der Waals surface area contributed by atoms with Crippen LogP contribution in [0.15, 0.2) is 47.5 Å². The van der Waals surface area contributed by atoms with Crippen molar-refractivity contribution in [3.05, 3.63) is 53.9 Å². The number of aromatic nitrogens is 2. The minimum absolute atomic E-state index is 0.0181. The van der Waals surface area contributed by atoms with Crippen LogP contribution in [0.1, 0.15) is 36.9 Å². The van der Waals surface area contributed by atoms with Crippen LogP contribution in [-0.2, 0) is 19.6 Å². The lowest BCUT2D eigenvalue weighted by atomic mass is 10.1. The molecule has 1 aliphatic carbocycles. The number of halogens is 3. The molecule has 3 N–H and O–H groups in total. The number of carboxylic acid groups (broad SMARTS) is 1. The maximum atomic E-state index is 13.0. The predicted octanol–water partition coefficient (Wildman–Crippen LogP) is 5.38. The summed E-state index contributed by atoms with van der Waals surface area (Å²) in [6.07, 6.45) is 0.473. The Morgan fingerprint density at radius 1 is 1.11 bits per heavy atom. The van der Waals surface area contributed by atoms with Crippen molar-refractivity contribution in [1.82, 2.24) is 9.97 Å². The Morgan fingerprint density at radius 3 is 2.34 bits per heavy atom. The molecule has 1 saturated carbocycles. The van der Waals surface area contributed by atoms with Gasteiger partial charge in [-0.1, -0.05) is 42.4 Å². The summed E-state index contributed by atoms with van der Waals surface area (Å²) < 4.78 is 60.2. The highest BCUT2D eigenvalue weighted by atomic mass is 32.2. The Balaban J connectivity index is 0.000000505. The average Bonchev–Trinajstić information content (AvgIpc) is 3.50. The van der Waals surface area contributed by atoms with Crippen LogP contribution < -0.4 is 10.0 Å². The SMILES string of the molecule is Cc1ccc(-c2sc(NC(=O)C3CCCC3)nc2C)cc1S(=O)(=O)Nc1ccccn1.O=C(O)C(F)(F)F. The standard InChI is InChI=1S/C22H24N4O3S2.C2HF3O2/c1-14-10-11-17(13-18(14)31(28,29)26-19-9-5-6-12-23-19)20-15(2)24-22(30-20)25-21(27)16-7-3-4-8-16;3-2(4,5)1(6)7/h5-6,9-13,16H,3-4,7-8H2,1-2H3,(H,23,26)(H,24,25,27);(H,6,7). The molecular weight excluding hydrogens is 545 g/mol. The number of amides is 1. The molecule has 2 aromatic heterocycles. The summed E-state index contributed by atoms with van der Waals surface area (Å²) in [5.74, 6) is -2.42. The fraction of sp³-hybridized carbons (Fsp3) is 0.333. The lowest BCUT2D eigenvalue weighted by molar-refractivity contribution is -0.192. The monoisotopic (exact) mass is 570 g/mol. The number of nitrogens with zero attached hydrogens (tertiary/aromatic N) is 2. The van der Waals surface area contributed by atoms with E-state index in [0.717, 1.165) is 41.8 Å². The van der Waals surface area contributed by atoms with Gasteiger partial charge in [0.05, 0.1) is 15.5 Å². The van der Waals surface area contributed by atoms with Gasteiger partial charge >= 0.3 is 12.1 Å². The maximum Gasteiger partial charge on any atom is 0.490 e. The molecule has 0 atom stereocenters. The van der Waals surface area contributed by atoms with E-state index in [1.807, 2.05) is 13.0 Å². The number of hydrogen-bond acceptors (Lipinski definition) is 7. The first-order chi connectivity index (χ1) is 17.8. The van der Waals surface area contributed by atoms with Crippen LogP contribution in [0, 0.1) is 19.8 Å². The summed E-state index contributed by atoms with van der Waals surface area (Å²) in [4.78, 5) is 30.9. The van der Waals surface area contributed by atoms with Crippen molar-refractivity contribution in [2.45, 2.75) is 50.6 Å². The Bertz CT molecular complexity index is 1400. The zero-order valence-electron chi connectivity index (χ0n) is 20.4. The van der Waals surface area contributed by atoms with Gasteiger partial charge in [0.25, 0.3) is 10.0 Å². The molecule has 0 spiro atoms. The lowest BCUT2D eigenvalue weighted by Crippen LogP contribution is -2.21. The second kappa shape index (κ2) is 11.9. The van der Waals surface area contributed by atoms with Gasteiger partial charge in [-0.05, 0) is 56.0 Å². The first kappa shape index (κ1) is 29.0. The molecule has 0 saturated heterocycles. The minimum atomic E-state index is -5.08. The van der Waals surface area contributed by atoms with Crippen LogP contribution >= 0.6 is 11.3 Å². The Kier molecular flexibility index (Phi) is 9.09. The van der Waals surface area contributed by atoms with Crippen LogP contribution in [0.25, 0.3) is 10.4 Å². The number of benzene rings is 1. The maximum absolute atomic E-state index is 13.0. The van der Waals surface area contributed by atoms with Crippen molar-refractivity contribution in [1.29, 1.82) is 0 Å². The number of anilines is 2. The Morgan fingerprint density at radius 2 is 1.76 bits per heavy atom. The molecule has 1 aliphatic rings. The molecule has 0 radical (unpaired) electrons. The number of rotatable bonds is 6. The Labute approximate surface area is 221 Å². The van der Waals surface area contributed by atoms with Crippen molar-refractivity contribution in [2.75, 3.05) is 10.0 Å². The van der Waals surface area contributed by atoms with Gasteiger partial charge < -0.3 is 10.4 Å². The lowest BCUT2D eigenvalue weighted by Gasteiger charge is -2.11. The van der Waals surface area contributed by atoms with E-state index in [1.54, 1.807) is 37.3 Å². The summed E-state index contributed by atoms with van der Waals surface area (Å²) in [6.45, 7) is 3.61. The number of alkyl halides is 3. The van der Waals surface area contributed by atoms with Crippen molar-refractivity contribution in [2.24, 2.45) is 5.92 Å². The number of carboxylic acids is 1. The molecule has 204 valence electrons. The quantitative estimate of drug-likeness (QED) is 0.361. The van der Waals surface area contributed by atoms with Gasteiger partial charge in [-0.15, -0.1) is 0 Å². The zero-order chi connectivity index (χ0) is 28.1. The summed E-state index contributed by atoms with van der Waals surface area (Å²) in [7, 11) is -3.81. The topological polar surface area (TPSA) is 138 Å². The average molecular weight is 571 g/mol. The van der Waals surface area contributed by atoms with Gasteiger partial charge in [-0.25, -0.2) is 23.2 Å². The molecule has 1 fully saturated rings. The third kappa shape index (κ3) is 7.51. The zero-order valence-corrected chi connectivity index (χ0v) is 22.0. The van der Waals surface area contributed by atoms with Crippen LogP contribution in [-0.4, -0.2) is 41.5 Å². The second-order valence-corrected chi connectivity index (χ2v) is 11.2. The fourth-order valence-electron chi connectivity index (χ4n) is 3.76. The molecule has 0 aliphatic heterocycles. The number of sulfonamides is 1. The molecule has 0 unspecified atom stereocenters. The van der Waals surface area contributed by atoms with E-state index in [9.17, 15) is 26.4 Å². The van der Waals surface area contributed by atoms with Gasteiger partial charge in [0.2, 0.25) is 5.91 Å². The first-order valence-electron chi connectivity index (χ1n) is 11.4. The first-order valence-corrected chi connectivity index (χ1v) is 13.7. The Hall–Kier alpha value is -3.52. The van der Waals surface area contributed by atoms with Gasteiger partial charge in [-0.2, -0.15) is 13.2 Å². The van der Waals surface area contributed by atoms with Crippen LogP contribution in [0.3, 0.4) is 0 Å². The summed E-state index contributed by atoms with van der Waals surface area (Å²) in [5, 5.41) is 10.6. The van der Waals surface area contributed by atoms with E-state index in [-0.39, 0.29) is 22.5 Å². The largest absolute Gasteiger partial charge is 0.490 e. The second-order valence-electron chi connectivity index (χ2n) is 8.51. The summed E-state index contributed by atoms with van der Waals surface area (Å²) in [6, 6.07) is 10.3. The molecule has 4 rings (SSSR count). The number of carbonyl (C=O) groups is 2. The third-order valence-electron chi connectivity index (χ3n) is 5.64.